The van der Waals surface area contributed by atoms with Crippen LogP contribution in [0.25, 0.3) is 0 Å². The minimum absolute atomic E-state index is 0.0889. The van der Waals surface area contributed by atoms with E-state index in [1.165, 1.54) is 11.6 Å². The van der Waals surface area contributed by atoms with Gasteiger partial charge in [0.25, 0.3) is 0 Å². The molecule has 1 N–H and O–H groups in total. The second kappa shape index (κ2) is 12.2. The van der Waals surface area contributed by atoms with Crippen LogP contribution in [0.15, 0.2) is 66.7 Å². The van der Waals surface area contributed by atoms with Crippen LogP contribution in [0.2, 0.25) is 5.02 Å². The molecule has 1 heterocycles. The summed E-state index contributed by atoms with van der Waals surface area (Å²) in [6.45, 7) is 6.38. The average Bonchev–Trinajstić information content (AvgIpc) is 2.85. The third-order valence-corrected chi connectivity index (χ3v) is 6.41. The Kier molecular flexibility index (Phi) is 8.80. The fraction of sp³-hybridized carbons (Fsp3) is 0.357. The zero-order chi connectivity index (χ0) is 23.8. The maximum Gasteiger partial charge on any atom is 0.180 e. The van der Waals surface area contributed by atoms with Gasteiger partial charge in [-0.25, -0.2) is 4.39 Å². The van der Waals surface area contributed by atoms with Crippen molar-refractivity contribution in [1.29, 1.82) is 0 Å². The van der Waals surface area contributed by atoms with Gasteiger partial charge >= 0.3 is 0 Å². The molecule has 3 aromatic carbocycles. The minimum Gasteiger partial charge on any atom is -0.490 e. The largest absolute Gasteiger partial charge is 0.490 e. The number of nitrogens with zero attached hydrogens (tertiary/aromatic N) is 1. The quantitative estimate of drug-likeness (QED) is 0.372. The standard InChI is InChI=1S/C28H32ClFN2O2/c1-2-33-27-17-22(16-25(29)28(27)34-20-23-10-6-7-11-26(23)30)18-31-24-12-14-32(15-13-24)19-21-8-4-3-5-9-21/h3-11,16-17,24,31H,2,12-15,18-20H2,1H3. The Balaban J connectivity index is 1.32. The Bertz CT molecular complexity index is 1060. The molecule has 0 aliphatic carbocycles. The molecule has 1 saturated heterocycles. The molecule has 6 heteroatoms. The summed E-state index contributed by atoms with van der Waals surface area (Å²) in [5.74, 6) is 0.734. The van der Waals surface area contributed by atoms with Crippen LogP contribution in [0.5, 0.6) is 11.5 Å². The van der Waals surface area contributed by atoms with E-state index in [9.17, 15) is 4.39 Å². The molecule has 0 amide bonds. The highest BCUT2D eigenvalue weighted by atomic mass is 35.5. The van der Waals surface area contributed by atoms with E-state index in [-0.39, 0.29) is 12.4 Å². The van der Waals surface area contributed by atoms with E-state index in [0.29, 0.717) is 41.3 Å². The molecule has 4 rings (SSSR count). The van der Waals surface area contributed by atoms with Crippen LogP contribution in [-0.4, -0.2) is 30.6 Å². The molecule has 1 aliphatic heterocycles. The van der Waals surface area contributed by atoms with Gasteiger partial charge in [0.15, 0.2) is 11.5 Å². The maximum absolute atomic E-state index is 14.0. The molecule has 4 nitrogen and oxygen atoms in total. The van der Waals surface area contributed by atoms with Gasteiger partial charge in [-0.05, 0) is 62.2 Å². The zero-order valence-electron chi connectivity index (χ0n) is 19.6. The Morgan fingerprint density at radius 1 is 0.971 bits per heavy atom. The highest BCUT2D eigenvalue weighted by molar-refractivity contribution is 6.32. The SMILES string of the molecule is CCOc1cc(CNC2CCN(Cc3ccccc3)CC2)cc(Cl)c1OCc1ccccc1F. The molecular weight excluding hydrogens is 451 g/mol. The molecule has 3 aromatic rings. The third-order valence-electron chi connectivity index (χ3n) is 6.13. The molecule has 0 unspecified atom stereocenters. The second-order valence-electron chi connectivity index (χ2n) is 8.63. The average molecular weight is 483 g/mol. The molecule has 0 aromatic heterocycles. The van der Waals surface area contributed by atoms with Crippen molar-refractivity contribution < 1.29 is 13.9 Å². The van der Waals surface area contributed by atoms with Crippen molar-refractivity contribution in [1.82, 2.24) is 10.2 Å². The monoisotopic (exact) mass is 482 g/mol. The van der Waals surface area contributed by atoms with Gasteiger partial charge in [-0.15, -0.1) is 0 Å². The fourth-order valence-electron chi connectivity index (χ4n) is 4.29. The predicted molar refractivity (Wildman–Crippen MR) is 135 cm³/mol. The van der Waals surface area contributed by atoms with Gasteiger partial charge < -0.3 is 14.8 Å². The van der Waals surface area contributed by atoms with Crippen LogP contribution in [0.3, 0.4) is 0 Å². The number of halogens is 2. The molecule has 0 bridgehead atoms. The molecule has 0 radical (unpaired) electrons. The topological polar surface area (TPSA) is 33.7 Å². The first-order chi connectivity index (χ1) is 16.6. The van der Waals surface area contributed by atoms with Crippen molar-refractivity contribution in [3.05, 3.63) is 94.3 Å². The molecule has 1 aliphatic rings. The van der Waals surface area contributed by atoms with E-state index >= 15 is 0 Å². The summed E-state index contributed by atoms with van der Waals surface area (Å²) in [6.07, 6.45) is 2.23. The van der Waals surface area contributed by atoms with Crippen LogP contribution < -0.4 is 14.8 Å². The van der Waals surface area contributed by atoms with Crippen molar-refractivity contribution in [2.45, 2.75) is 45.5 Å². The van der Waals surface area contributed by atoms with Crippen LogP contribution >= 0.6 is 11.6 Å². The van der Waals surface area contributed by atoms with Crippen molar-refractivity contribution >= 4 is 11.6 Å². The lowest BCUT2D eigenvalue weighted by Gasteiger charge is -2.32. The molecule has 1 fully saturated rings. The van der Waals surface area contributed by atoms with E-state index in [0.717, 1.165) is 38.0 Å². The summed E-state index contributed by atoms with van der Waals surface area (Å²) < 4.78 is 25.6. The van der Waals surface area contributed by atoms with Crippen LogP contribution in [0.1, 0.15) is 36.5 Å². The number of hydrogen-bond acceptors (Lipinski definition) is 4. The summed E-state index contributed by atoms with van der Waals surface area (Å²) in [5.41, 5.74) is 2.88. The lowest BCUT2D eigenvalue weighted by Crippen LogP contribution is -2.41. The number of benzene rings is 3. The summed E-state index contributed by atoms with van der Waals surface area (Å²) in [7, 11) is 0. The summed E-state index contributed by atoms with van der Waals surface area (Å²) in [6, 6.07) is 21.5. The summed E-state index contributed by atoms with van der Waals surface area (Å²) in [5, 5.41) is 4.14. The number of piperidine rings is 1. The van der Waals surface area contributed by atoms with Crippen LogP contribution in [0, 0.1) is 5.82 Å². The van der Waals surface area contributed by atoms with Gasteiger partial charge in [-0.2, -0.15) is 0 Å². The first-order valence-corrected chi connectivity index (χ1v) is 12.3. The van der Waals surface area contributed by atoms with Gasteiger partial charge in [0.05, 0.1) is 11.6 Å². The van der Waals surface area contributed by atoms with E-state index in [1.807, 2.05) is 19.1 Å². The van der Waals surface area contributed by atoms with Crippen molar-refractivity contribution in [2.75, 3.05) is 19.7 Å². The van der Waals surface area contributed by atoms with Gasteiger partial charge in [-0.1, -0.05) is 60.1 Å². The molecule has 180 valence electrons. The fourth-order valence-corrected chi connectivity index (χ4v) is 4.58. The molecular formula is C28H32ClFN2O2. The lowest BCUT2D eigenvalue weighted by molar-refractivity contribution is 0.190. The van der Waals surface area contributed by atoms with Crippen molar-refractivity contribution in [3.63, 3.8) is 0 Å². The highest BCUT2D eigenvalue weighted by Gasteiger charge is 2.20. The molecule has 0 atom stereocenters. The van der Waals surface area contributed by atoms with E-state index in [2.05, 4.69) is 40.5 Å². The summed E-state index contributed by atoms with van der Waals surface area (Å²) in [4.78, 5) is 2.51. The molecule has 34 heavy (non-hydrogen) atoms. The van der Waals surface area contributed by atoms with Gasteiger partial charge in [-0.3, -0.25) is 4.90 Å². The van der Waals surface area contributed by atoms with Crippen LogP contribution in [-0.2, 0) is 19.7 Å². The first kappa shape index (κ1) is 24.5. The first-order valence-electron chi connectivity index (χ1n) is 11.9. The lowest BCUT2D eigenvalue weighted by atomic mass is 10.0. The number of nitrogens with one attached hydrogen (secondary N) is 1. The Labute approximate surface area is 206 Å². The Morgan fingerprint density at radius 3 is 2.44 bits per heavy atom. The summed E-state index contributed by atoms with van der Waals surface area (Å²) >= 11 is 6.56. The number of likely N-dealkylation sites (tertiary alicyclic amines) is 1. The van der Waals surface area contributed by atoms with Crippen LogP contribution in [0.4, 0.5) is 4.39 Å². The van der Waals surface area contributed by atoms with Gasteiger partial charge in [0, 0.05) is 24.7 Å². The Morgan fingerprint density at radius 2 is 1.71 bits per heavy atom. The predicted octanol–water partition coefficient (Wildman–Crippen LogP) is 6.21. The van der Waals surface area contributed by atoms with E-state index < -0.39 is 0 Å². The normalized spacial score (nSPS) is 14.8. The number of hydrogen-bond donors (Lipinski definition) is 1. The van der Waals surface area contributed by atoms with E-state index in [1.54, 1.807) is 18.2 Å². The van der Waals surface area contributed by atoms with Gasteiger partial charge in [0.2, 0.25) is 0 Å². The minimum atomic E-state index is -0.299. The highest BCUT2D eigenvalue weighted by Crippen LogP contribution is 2.37. The Hall–Kier alpha value is -2.60. The van der Waals surface area contributed by atoms with Crippen molar-refractivity contribution in [2.24, 2.45) is 0 Å². The van der Waals surface area contributed by atoms with E-state index in [4.69, 9.17) is 21.1 Å². The van der Waals surface area contributed by atoms with Crippen molar-refractivity contribution in [3.8, 4) is 11.5 Å². The maximum atomic E-state index is 14.0. The second-order valence-corrected chi connectivity index (χ2v) is 9.04. The molecule has 0 spiro atoms. The third kappa shape index (κ3) is 6.72. The molecule has 0 saturated carbocycles. The zero-order valence-corrected chi connectivity index (χ0v) is 20.4. The number of rotatable bonds is 10. The number of ether oxygens (including phenoxy) is 2. The smallest absolute Gasteiger partial charge is 0.180 e. The van der Waals surface area contributed by atoms with Gasteiger partial charge in [0.1, 0.15) is 12.4 Å².